The van der Waals surface area contributed by atoms with E-state index in [1.54, 1.807) is 0 Å². The first-order chi connectivity index (χ1) is 14.2. The van der Waals surface area contributed by atoms with Gasteiger partial charge in [-0.15, -0.1) is 0 Å². The first-order valence-corrected chi connectivity index (χ1v) is 11.2. The van der Waals surface area contributed by atoms with Crippen molar-refractivity contribution in [2.24, 2.45) is 7.05 Å². The van der Waals surface area contributed by atoms with Crippen LogP contribution < -0.4 is 5.32 Å². The lowest BCUT2D eigenvalue weighted by Crippen LogP contribution is -2.45. The second-order valence-corrected chi connectivity index (χ2v) is 10.1. The molecular formula is C23H36N6O. The minimum absolute atomic E-state index is 0.0970. The third-order valence-corrected chi connectivity index (χ3v) is 6.80. The van der Waals surface area contributed by atoms with Gasteiger partial charge in [0.05, 0.1) is 18.0 Å². The SMILES string of the molecule is Cc1ncc(CN2CCCC3(CCc4c(NCCO)nc(C(C)(C)C)nc43)C2)n1C. The molecule has 7 nitrogen and oxygen atoms in total. The lowest BCUT2D eigenvalue weighted by Gasteiger charge is -2.41. The zero-order valence-electron chi connectivity index (χ0n) is 19.1. The average molecular weight is 413 g/mol. The van der Waals surface area contributed by atoms with Gasteiger partial charge in [0.1, 0.15) is 17.5 Å². The van der Waals surface area contributed by atoms with Crippen LogP contribution >= 0.6 is 0 Å². The molecule has 1 spiro atoms. The Kier molecular flexibility index (Phi) is 5.62. The highest BCUT2D eigenvalue weighted by Gasteiger charge is 2.45. The summed E-state index contributed by atoms with van der Waals surface area (Å²) in [7, 11) is 2.10. The highest BCUT2D eigenvalue weighted by atomic mass is 16.3. The molecule has 4 rings (SSSR count). The number of nitrogens with one attached hydrogen (secondary N) is 1. The maximum absolute atomic E-state index is 9.33. The molecule has 164 valence electrons. The lowest BCUT2D eigenvalue weighted by molar-refractivity contribution is 0.134. The van der Waals surface area contributed by atoms with Gasteiger partial charge in [0, 0.05) is 49.3 Å². The van der Waals surface area contributed by atoms with Gasteiger partial charge in [-0.2, -0.15) is 0 Å². The van der Waals surface area contributed by atoms with E-state index in [1.807, 2.05) is 6.20 Å². The molecule has 3 heterocycles. The summed E-state index contributed by atoms with van der Waals surface area (Å²) >= 11 is 0. The third kappa shape index (κ3) is 3.85. The Labute approximate surface area is 179 Å². The highest BCUT2D eigenvalue weighted by Crippen LogP contribution is 2.46. The number of rotatable bonds is 5. The van der Waals surface area contributed by atoms with Crippen LogP contribution in [0, 0.1) is 6.92 Å². The molecule has 1 aliphatic heterocycles. The van der Waals surface area contributed by atoms with Crippen LogP contribution in [0.15, 0.2) is 6.20 Å². The number of aryl methyl sites for hydroxylation is 1. The van der Waals surface area contributed by atoms with Crippen molar-refractivity contribution in [3.63, 3.8) is 0 Å². The molecule has 1 atom stereocenters. The van der Waals surface area contributed by atoms with Crippen molar-refractivity contribution in [3.8, 4) is 0 Å². The Hall–Kier alpha value is -1.99. The second kappa shape index (κ2) is 7.93. The molecule has 1 unspecified atom stereocenters. The zero-order valence-corrected chi connectivity index (χ0v) is 19.1. The van der Waals surface area contributed by atoms with E-state index in [0.717, 1.165) is 49.9 Å². The van der Waals surface area contributed by atoms with E-state index >= 15 is 0 Å². The number of aliphatic hydroxyl groups is 1. The van der Waals surface area contributed by atoms with Crippen LogP contribution in [-0.4, -0.2) is 55.8 Å². The van der Waals surface area contributed by atoms with Gasteiger partial charge in [-0.3, -0.25) is 4.90 Å². The van der Waals surface area contributed by atoms with Gasteiger partial charge in [-0.25, -0.2) is 15.0 Å². The van der Waals surface area contributed by atoms with Crippen LogP contribution in [0.1, 0.15) is 68.6 Å². The van der Waals surface area contributed by atoms with Crippen molar-refractivity contribution in [1.82, 2.24) is 24.4 Å². The summed E-state index contributed by atoms with van der Waals surface area (Å²) in [6.45, 7) is 12.3. The maximum atomic E-state index is 9.33. The molecular weight excluding hydrogens is 376 g/mol. The molecule has 2 N–H and O–H groups in total. The number of hydrogen-bond acceptors (Lipinski definition) is 6. The highest BCUT2D eigenvalue weighted by molar-refractivity contribution is 5.53. The molecule has 0 bridgehead atoms. The van der Waals surface area contributed by atoms with Gasteiger partial charge in [0.2, 0.25) is 0 Å². The normalized spacial score (nSPS) is 21.9. The Morgan fingerprint density at radius 2 is 2.03 bits per heavy atom. The molecule has 1 saturated heterocycles. The number of fused-ring (bicyclic) bond motifs is 2. The van der Waals surface area contributed by atoms with Crippen molar-refractivity contribution >= 4 is 5.82 Å². The molecule has 0 aromatic carbocycles. The van der Waals surface area contributed by atoms with E-state index in [2.05, 4.69) is 54.5 Å². The first-order valence-electron chi connectivity index (χ1n) is 11.2. The van der Waals surface area contributed by atoms with E-state index < -0.39 is 0 Å². The molecule has 7 heteroatoms. The van der Waals surface area contributed by atoms with E-state index in [4.69, 9.17) is 9.97 Å². The van der Waals surface area contributed by atoms with Crippen molar-refractivity contribution < 1.29 is 5.11 Å². The molecule has 0 saturated carbocycles. The fraction of sp³-hybridized carbons (Fsp3) is 0.696. The number of likely N-dealkylation sites (tertiary alicyclic amines) is 1. The van der Waals surface area contributed by atoms with Crippen molar-refractivity contribution in [2.45, 2.75) is 70.8 Å². The predicted molar refractivity (Wildman–Crippen MR) is 119 cm³/mol. The monoisotopic (exact) mass is 412 g/mol. The number of nitrogens with zero attached hydrogens (tertiary/aromatic N) is 5. The average Bonchev–Trinajstić information content (AvgIpc) is 3.21. The third-order valence-electron chi connectivity index (χ3n) is 6.80. The van der Waals surface area contributed by atoms with Gasteiger partial charge in [0.15, 0.2) is 0 Å². The van der Waals surface area contributed by atoms with Crippen LogP contribution in [0.2, 0.25) is 0 Å². The Bertz CT molecular complexity index is 915. The number of aromatic nitrogens is 4. The topological polar surface area (TPSA) is 79.1 Å². The van der Waals surface area contributed by atoms with Crippen molar-refractivity contribution in [3.05, 3.63) is 34.8 Å². The number of imidazole rings is 1. The second-order valence-electron chi connectivity index (χ2n) is 10.1. The van der Waals surface area contributed by atoms with Crippen molar-refractivity contribution in [1.29, 1.82) is 0 Å². The largest absolute Gasteiger partial charge is 0.395 e. The summed E-state index contributed by atoms with van der Waals surface area (Å²) < 4.78 is 2.20. The summed E-state index contributed by atoms with van der Waals surface area (Å²) in [6.07, 6.45) is 6.51. The minimum atomic E-state index is -0.116. The molecule has 0 radical (unpaired) electrons. The van der Waals surface area contributed by atoms with E-state index in [1.165, 1.54) is 29.8 Å². The molecule has 1 fully saturated rings. The van der Waals surface area contributed by atoms with E-state index in [9.17, 15) is 5.11 Å². The number of aliphatic hydroxyl groups excluding tert-OH is 1. The summed E-state index contributed by atoms with van der Waals surface area (Å²) in [4.78, 5) is 17.1. The van der Waals surface area contributed by atoms with Gasteiger partial charge in [-0.05, 0) is 39.2 Å². The minimum Gasteiger partial charge on any atom is -0.395 e. The molecule has 2 aromatic rings. The van der Waals surface area contributed by atoms with Crippen LogP contribution in [0.25, 0.3) is 0 Å². The van der Waals surface area contributed by atoms with Crippen LogP contribution in [-0.2, 0) is 30.8 Å². The smallest absolute Gasteiger partial charge is 0.136 e. The summed E-state index contributed by atoms with van der Waals surface area (Å²) in [6, 6.07) is 0. The van der Waals surface area contributed by atoms with Crippen LogP contribution in [0.5, 0.6) is 0 Å². The summed E-state index contributed by atoms with van der Waals surface area (Å²) in [5.41, 5.74) is 3.75. The van der Waals surface area contributed by atoms with Gasteiger partial charge in [-0.1, -0.05) is 20.8 Å². The Morgan fingerprint density at radius 1 is 1.23 bits per heavy atom. The Balaban J connectivity index is 1.67. The van der Waals surface area contributed by atoms with Gasteiger partial charge >= 0.3 is 0 Å². The van der Waals surface area contributed by atoms with Gasteiger partial charge in [0.25, 0.3) is 0 Å². The van der Waals surface area contributed by atoms with Crippen LogP contribution in [0.3, 0.4) is 0 Å². The number of piperidine rings is 1. The summed E-state index contributed by atoms with van der Waals surface area (Å²) in [5.74, 6) is 2.88. The predicted octanol–water partition coefficient (Wildman–Crippen LogP) is 2.70. The fourth-order valence-electron chi connectivity index (χ4n) is 4.98. The number of anilines is 1. The van der Waals surface area contributed by atoms with Gasteiger partial charge < -0.3 is 15.0 Å². The molecule has 2 aromatic heterocycles. The van der Waals surface area contributed by atoms with Crippen molar-refractivity contribution in [2.75, 3.05) is 31.6 Å². The first kappa shape index (κ1) is 21.2. The number of hydrogen-bond donors (Lipinski definition) is 2. The summed E-state index contributed by atoms with van der Waals surface area (Å²) in [5, 5.41) is 12.7. The standard InChI is InChI=1S/C23H36N6O/c1-16-25-13-17(28(16)5)14-29-11-6-8-23(15-29)9-7-18-19(23)26-21(22(2,3)4)27-20(18)24-10-12-30/h13,30H,6-12,14-15H2,1-5H3,(H,24,26,27). The van der Waals surface area contributed by atoms with Crippen LogP contribution in [0.4, 0.5) is 5.82 Å². The molecule has 30 heavy (non-hydrogen) atoms. The lowest BCUT2D eigenvalue weighted by atomic mass is 9.77. The fourth-order valence-corrected chi connectivity index (χ4v) is 4.98. The maximum Gasteiger partial charge on any atom is 0.136 e. The molecule has 2 aliphatic rings. The zero-order chi connectivity index (χ0) is 21.5. The molecule has 1 aliphatic carbocycles. The van der Waals surface area contributed by atoms with E-state index in [0.29, 0.717) is 6.54 Å². The Morgan fingerprint density at radius 3 is 2.70 bits per heavy atom. The quantitative estimate of drug-likeness (QED) is 0.786. The molecule has 0 amide bonds. The van der Waals surface area contributed by atoms with E-state index in [-0.39, 0.29) is 17.4 Å².